The van der Waals surface area contributed by atoms with Gasteiger partial charge >= 0.3 is 0 Å². The highest BCUT2D eigenvalue weighted by molar-refractivity contribution is 5.89. The van der Waals surface area contributed by atoms with Gasteiger partial charge in [0.05, 0.1) is 5.41 Å². The highest BCUT2D eigenvalue weighted by Gasteiger charge is 2.46. The molecule has 66 heavy (non-hydrogen) atoms. The lowest BCUT2D eigenvalue weighted by atomic mass is 9.67. The second-order valence-electron chi connectivity index (χ2n) is 18.0. The van der Waals surface area contributed by atoms with Crippen molar-refractivity contribution < 1.29 is 4.74 Å². The molecule has 0 radical (unpaired) electrons. The summed E-state index contributed by atoms with van der Waals surface area (Å²) in [5.41, 5.74) is 19.7. The Bertz CT molecular complexity index is 3330. The Morgan fingerprint density at radius 3 is 1.38 bits per heavy atom. The molecule has 0 fully saturated rings. The van der Waals surface area contributed by atoms with E-state index >= 15 is 0 Å². The molecule has 1 aliphatic carbocycles. The third-order valence-corrected chi connectivity index (χ3v) is 14.0. The van der Waals surface area contributed by atoms with Gasteiger partial charge in [0.1, 0.15) is 11.5 Å². The van der Waals surface area contributed by atoms with Crippen molar-refractivity contribution >= 4 is 17.1 Å². The molecule has 2 aliphatic rings. The maximum absolute atomic E-state index is 6.70. The van der Waals surface area contributed by atoms with Crippen LogP contribution in [0, 0.1) is 0 Å². The van der Waals surface area contributed by atoms with E-state index in [-0.39, 0.29) is 5.41 Å². The van der Waals surface area contributed by atoms with Gasteiger partial charge in [-0.05, 0) is 110 Å². The van der Waals surface area contributed by atoms with E-state index in [4.69, 9.17) is 4.74 Å². The summed E-state index contributed by atoms with van der Waals surface area (Å²) in [5.74, 6) is 1.85. The van der Waals surface area contributed by atoms with Crippen molar-refractivity contribution in [3.8, 4) is 56.0 Å². The predicted octanol–water partition coefficient (Wildman–Crippen LogP) is 17.0. The van der Waals surface area contributed by atoms with Crippen LogP contribution < -0.4 is 9.64 Å². The third kappa shape index (κ3) is 6.32. The molecule has 0 saturated heterocycles. The van der Waals surface area contributed by atoms with Gasteiger partial charge in [0.15, 0.2) is 0 Å². The fourth-order valence-electron chi connectivity index (χ4n) is 10.8. The molecule has 2 heteroatoms. The number of fused-ring (bicyclic) bond motifs is 5. The normalized spacial score (nSPS) is 13.7. The van der Waals surface area contributed by atoms with Crippen molar-refractivity contribution in [3.05, 3.63) is 282 Å². The van der Waals surface area contributed by atoms with Crippen LogP contribution in [0.25, 0.3) is 44.5 Å². The van der Waals surface area contributed by atoms with E-state index in [2.05, 4.69) is 267 Å². The van der Waals surface area contributed by atoms with Gasteiger partial charge in [-0.3, -0.25) is 0 Å². The first-order chi connectivity index (χ1) is 32.5. The molecule has 1 aliphatic heterocycles. The first-order valence-electron chi connectivity index (χ1n) is 22.9. The molecule has 0 amide bonds. The number of hydrogen-bond donors (Lipinski definition) is 0. The van der Waals surface area contributed by atoms with Gasteiger partial charge in [0.2, 0.25) is 0 Å². The lowest BCUT2D eigenvalue weighted by Crippen LogP contribution is -2.28. The van der Waals surface area contributed by atoms with Crippen LogP contribution in [0.15, 0.2) is 249 Å². The molecule has 12 rings (SSSR count). The lowest BCUT2D eigenvalue weighted by molar-refractivity contribution is 0.419. The standard InChI is InChI=1S/C64H47NO/c1-63(2)58-26-14-15-28-61(58)66-62-54(24-16-27-59(62)63)47-33-40-53(41-34-47)65(51-36-29-45(30-37-51)44-17-6-3-7-18-44)52-38-31-46(32-39-52)48-35-42-56-55-23-12-13-25-57(55)64(60(56)43-48,49-19-8-4-9-20-49)50-21-10-5-11-22-50/h3-43H,1-2H3. The van der Waals surface area contributed by atoms with Gasteiger partial charge in [-0.25, -0.2) is 0 Å². The van der Waals surface area contributed by atoms with Gasteiger partial charge in [0.25, 0.3) is 0 Å². The number of para-hydroxylation sites is 2. The quantitative estimate of drug-likeness (QED) is 0.151. The molecule has 0 saturated carbocycles. The first kappa shape index (κ1) is 39.4. The van der Waals surface area contributed by atoms with Crippen molar-refractivity contribution in [2.75, 3.05) is 4.90 Å². The van der Waals surface area contributed by atoms with Crippen LogP contribution in [-0.4, -0.2) is 0 Å². The zero-order valence-corrected chi connectivity index (χ0v) is 37.0. The molecule has 0 bridgehead atoms. The molecule has 0 unspecified atom stereocenters. The Morgan fingerprint density at radius 2 is 0.758 bits per heavy atom. The first-order valence-corrected chi connectivity index (χ1v) is 22.9. The molecule has 0 aromatic heterocycles. The van der Waals surface area contributed by atoms with Crippen molar-refractivity contribution in [1.29, 1.82) is 0 Å². The van der Waals surface area contributed by atoms with E-state index in [1.165, 1.54) is 66.8 Å². The fraction of sp³-hybridized carbons (Fsp3) is 0.0625. The second-order valence-corrected chi connectivity index (χ2v) is 18.0. The van der Waals surface area contributed by atoms with Gasteiger partial charge < -0.3 is 9.64 Å². The van der Waals surface area contributed by atoms with E-state index in [0.29, 0.717) is 0 Å². The van der Waals surface area contributed by atoms with Crippen LogP contribution in [0.2, 0.25) is 0 Å². The minimum atomic E-state index is -0.453. The smallest absolute Gasteiger partial charge is 0.139 e. The summed E-state index contributed by atoms with van der Waals surface area (Å²) >= 11 is 0. The number of nitrogens with zero attached hydrogens (tertiary/aromatic N) is 1. The largest absolute Gasteiger partial charge is 0.456 e. The topological polar surface area (TPSA) is 12.5 Å². The number of hydrogen-bond acceptors (Lipinski definition) is 2. The molecule has 2 nitrogen and oxygen atoms in total. The van der Waals surface area contributed by atoms with Crippen molar-refractivity contribution in [2.24, 2.45) is 0 Å². The monoisotopic (exact) mass is 845 g/mol. The number of ether oxygens (including phenoxy) is 1. The van der Waals surface area contributed by atoms with Crippen LogP contribution >= 0.6 is 0 Å². The van der Waals surface area contributed by atoms with Crippen LogP contribution in [0.4, 0.5) is 17.1 Å². The highest BCUT2D eigenvalue weighted by atomic mass is 16.5. The maximum Gasteiger partial charge on any atom is 0.139 e. The van der Waals surface area contributed by atoms with Crippen molar-refractivity contribution in [2.45, 2.75) is 24.7 Å². The minimum Gasteiger partial charge on any atom is -0.456 e. The average Bonchev–Trinajstić information content (AvgIpc) is 3.68. The zero-order valence-electron chi connectivity index (χ0n) is 37.0. The fourth-order valence-corrected chi connectivity index (χ4v) is 10.8. The predicted molar refractivity (Wildman–Crippen MR) is 273 cm³/mol. The number of benzene rings is 10. The average molecular weight is 846 g/mol. The zero-order chi connectivity index (χ0) is 44.2. The molecule has 0 N–H and O–H groups in total. The Labute approximate surface area is 387 Å². The van der Waals surface area contributed by atoms with Gasteiger partial charge in [-0.2, -0.15) is 0 Å². The van der Waals surface area contributed by atoms with Crippen molar-refractivity contribution in [3.63, 3.8) is 0 Å². The van der Waals surface area contributed by atoms with E-state index in [9.17, 15) is 0 Å². The van der Waals surface area contributed by atoms with E-state index in [1.54, 1.807) is 0 Å². The summed E-state index contributed by atoms with van der Waals surface area (Å²) < 4.78 is 6.70. The summed E-state index contributed by atoms with van der Waals surface area (Å²) in [6.07, 6.45) is 0. The third-order valence-electron chi connectivity index (χ3n) is 14.0. The molecular formula is C64H47NO. The summed E-state index contributed by atoms with van der Waals surface area (Å²) in [5, 5.41) is 0. The van der Waals surface area contributed by atoms with Crippen LogP contribution in [0.3, 0.4) is 0 Å². The number of rotatable bonds is 8. The van der Waals surface area contributed by atoms with E-state index in [1.807, 2.05) is 0 Å². The van der Waals surface area contributed by atoms with E-state index in [0.717, 1.165) is 39.7 Å². The van der Waals surface area contributed by atoms with Crippen LogP contribution in [0.5, 0.6) is 11.5 Å². The molecule has 0 atom stereocenters. The molecular weight excluding hydrogens is 799 g/mol. The van der Waals surface area contributed by atoms with Crippen LogP contribution in [-0.2, 0) is 10.8 Å². The van der Waals surface area contributed by atoms with Crippen molar-refractivity contribution in [1.82, 2.24) is 0 Å². The molecule has 10 aromatic carbocycles. The Morgan fingerprint density at radius 1 is 0.318 bits per heavy atom. The summed E-state index contributed by atoms with van der Waals surface area (Å²) in [6.45, 7) is 4.58. The van der Waals surface area contributed by atoms with Gasteiger partial charge in [-0.15, -0.1) is 0 Å². The summed E-state index contributed by atoms with van der Waals surface area (Å²) in [6, 6.07) is 90.5. The number of anilines is 3. The minimum absolute atomic E-state index is 0.188. The highest BCUT2D eigenvalue weighted by Crippen LogP contribution is 2.57. The summed E-state index contributed by atoms with van der Waals surface area (Å²) in [7, 11) is 0. The molecule has 10 aromatic rings. The van der Waals surface area contributed by atoms with Crippen LogP contribution in [0.1, 0.15) is 47.2 Å². The Hall–Kier alpha value is -8.20. The van der Waals surface area contributed by atoms with E-state index < -0.39 is 5.41 Å². The second kappa shape index (κ2) is 15.8. The van der Waals surface area contributed by atoms with Gasteiger partial charge in [-0.1, -0.05) is 214 Å². The molecule has 314 valence electrons. The summed E-state index contributed by atoms with van der Waals surface area (Å²) in [4.78, 5) is 2.35. The van der Waals surface area contributed by atoms with Gasteiger partial charge in [0, 0.05) is 39.2 Å². The SMILES string of the molecule is CC1(C)c2ccccc2Oc2c(-c3ccc(N(c4ccc(-c5ccccc5)cc4)c4ccc(-c5ccc6c(c5)C(c5ccccc5)(c5ccccc5)c5ccccc5-6)cc4)cc3)cccc21. The lowest BCUT2D eigenvalue weighted by Gasteiger charge is -2.35. The Balaban J connectivity index is 0.941. The Kier molecular flexibility index (Phi) is 9.43. The molecule has 1 heterocycles. The molecule has 0 spiro atoms. The maximum atomic E-state index is 6.70.